The molecule has 2 heterocycles. The first kappa shape index (κ1) is 13.0. The van der Waals surface area contributed by atoms with E-state index in [1.807, 2.05) is 0 Å². The van der Waals surface area contributed by atoms with Gasteiger partial charge in [0.15, 0.2) is 5.69 Å². The number of hydrogen-bond donors (Lipinski definition) is 1. The van der Waals surface area contributed by atoms with Crippen LogP contribution in [0.4, 0.5) is 4.39 Å². The lowest BCUT2D eigenvalue weighted by molar-refractivity contribution is 0.0689. The van der Waals surface area contributed by atoms with Gasteiger partial charge in [-0.05, 0) is 24.3 Å². The number of imidazole rings is 1. The van der Waals surface area contributed by atoms with Crippen LogP contribution in [-0.4, -0.2) is 32.6 Å². The molecule has 1 N–H and O–H groups in total. The van der Waals surface area contributed by atoms with Crippen molar-refractivity contribution in [2.75, 3.05) is 7.11 Å². The molecule has 2 aromatic heterocycles. The number of methoxy groups -OCH3 is 1. The molecule has 0 radical (unpaired) electrons. The summed E-state index contributed by atoms with van der Waals surface area (Å²) in [6.45, 7) is 0. The third-order valence-electron chi connectivity index (χ3n) is 3.00. The SMILES string of the molecule is COc1nc(C(=O)O)cn2c(-c3ccc(F)cc3)ncc12. The quantitative estimate of drug-likeness (QED) is 0.799. The first-order valence-electron chi connectivity index (χ1n) is 6.01. The second kappa shape index (κ2) is 4.86. The van der Waals surface area contributed by atoms with Gasteiger partial charge < -0.3 is 9.84 Å². The molecular formula is C14H10FN3O3. The number of hydrogen-bond acceptors (Lipinski definition) is 4. The van der Waals surface area contributed by atoms with Crippen LogP contribution in [0.25, 0.3) is 16.9 Å². The fraction of sp³-hybridized carbons (Fsp3) is 0.0714. The molecule has 0 bridgehead atoms. The summed E-state index contributed by atoms with van der Waals surface area (Å²) in [5, 5.41) is 9.10. The second-order valence-corrected chi connectivity index (χ2v) is 4.28. The van der Waals surface area contributed by atoms with E-state index in [1.54, 1.807) is 16.5 Å². The summed E-state index contributed by atoms with van der Waals surface area (Å²) in [6.07, 6.45) is 2.88. The molecule has 0 aliphatic heterocycles. The van der Waals surface area contributed by atoms with Crippen molar-refractivity contribution in [2.24, 2.45) is 0 Å². The van der Waals surface area contributed by atoms with E-state index in [0.717, 1.165) is 0 Å². The van der Waals surface area contributed by atoms with Crippen LogP contribution in [0.2, 0.25) is 0 Å². The molecule has 0 fully saturated rings. The van der Waals surface area contributed by atoms with E-state index >= 15 is 0 Å². The van der Waals surface area contributed by atoms with Crippen molar-refractivity contribution in [1.29, 1.82) is 0 Å². The Morgan fingerprint density at radius 2 is 2.05 bits per heavy atom. The Labute approximate surface area is 118 Å². The molecule has 0 unspecified atom stereocenters. The van der Waals surface area contributed by atoms with Gasteiger partial charge in [-0.15, -0.1) is 0 Å². The molecule has 3 rings (SSSR count). The molecule has 21 heavy (non-hydrogen) atoms. The summed E-state index contributed by atoms with van der Waals surface area (Å²) in [4.78, 5) is 19.3. The van der Waals surface area contributed by atoms with E-state index in [2.05, 4.69) is 9.97 Å². The third-order valence-corrected chi connectivity index (χ3v) is 3.00. The molecule has 0 saturated heterocycles. The number of benzene rings is 1. The molecule has 0 atom stereocenters. The van der Waals surface area contributed by atoms with Crippen LogP contribution in [0, 0.1) is 5.82 Å². The van der Waals surface area contributed by atoms with Crippen molar-refractivity contribution in [3.8, 4) is 17.3 Å². The van der Waals surface area contributed by atoms with E-state index in [-0.39, 0.29) is 17.4 Å². The lowest BCUT2D eigenvalue weighted by atomic mass is 10.2. The highest BCUT2D eigenvalue weighted by molar-refractivity contribution is 5.86. The van der Waals surface area contributed by atoms with Gasteiger partial charge in [0, 0.05) is 11.8 Å². The Balaban J connectivity index is 2.27. The molecule has 106 valence electrons. The van der Waals surface area contributed by atoms with Crippen LogP contribution in [0.5, 0.6) is 5.88 Å². The lowest BCUT2D eigenvalue weighted by Gasteiger charge is -2.06. The average molecular weight is 287 g/mol. The van der Waals surface area contributed by atoms with Crippen LogP contribution < -0.4 is 4.74 Å². The van der Waals surface area contributed by atoms with Gasteiger partial charge in [-0.2, -0.15) is 0 Å². The van der Waals surface area contributed by atoms with E-state index in [1.165, 1.54) is 31.6 Å². The van der Waals surface area contributed by atoms with Gasteiger partial charge in [-0.3, -0.25) is 4.40 Å². The highest BCUT2D eigenvalue weighted by atomic mass is 19.1. The zero-order valence-electron chi connectivity index (χ0n) is 10.9. The number of rotatable bonds is 3. The summed E-state index contributed by atoms with van der Waals surface area (Å²) < 4.78 is 19.6. The van der Waals surface area contributed by atoms with Gasteiger partial charge >= 0.3 is 5.97 Å². The maximum Gasteiger partial charge on any atom is 0.356 e. The van der Waals surface area contributed by atoms with Gasteiger partial charge in [0.1, 0.15) is 17.2 Å². The van der Waals surface area contributed by atoms with E-state index in [0.29, 0.717) is 16.9 Å². The molecule has 1 aromatic carbocycles. The minimum absolute atomic E-state index is 0.163. The number of nitrogens with zero attached hydrogens (tertiary/aromatic N) is 3. The minimum Gasteiger partial charge on any atom is -0.479 e. The van der Waals surface area contributed by atoms with Crippen LogP contribution in [-0.2, 0) is 0 Å². The van der Waals surface area contributed by atoms with Gasteiger partial charge in [0.05, 0.1) is 13.3 Å². The largest absolute Gasteiger partial charge is 0.479 e. The summed E-state index contributed by atoms with van der Waals surface area (Å²) in [6, 6.07) is 5.76. The van der Waals surface area contributed by atoms with Gasteiger partial charge in [-0.25, -0.2) is 19.2 Å². The first-order chi connectivity index (χ1) is 10.1. The summed E-state index contributed by atoms with van der Waals surface area (Å²) >= 11 is 0. The molecule has 6 nitrogen and oxygen atoms in total. The number of carboxylic acid groups (broad SMARTS) is 1. The Morgan fingerprint density at radius 3 is 2.67 bits per heavy atom. The molecule has 0 aliphatic rings. The van der Waals surface area contributed by atoms with Crippen molar-refractivity contribution in [3.05, 3.63) is 48.2 Å². The van der Waals surface area contributed by atoms with Crippen LogP contribution in [0.3, 0.4) is 0 Å². The highest BCUT2D eigenvalue weighted by Gasteiger charge is 2.16. The number of halogens is 1. The highest BCUT2D eigenvalue weighted by Crippen LogP contribution is 2.25. The Hall–Kier alpha value is -2.96. The molecule has 0 aliphatic carbocycles. The van der Waals surface area contributed by atoms with Crippen molar-refractivity contribution in [2.45, 2.75) is 0 Å². The number of aromatic nitrogens is 3. The summed E-state index contributed by atoms with van der Waals surface area (Å²) in [5.74, 6) is -0.886. The smallest absolute Gasteiger partial charge is 0.356 e. The normalized spacial score (nSPS) is 10.8. The maximum atomic E-state index is 13.0. The maximum absolute atomic E-state index is 13.0. The average Bonchev–Trinajstić information content (AvgIpc) is 2.91. The topological polar surface area (TPSA) is 76.7 Å². The van der Waals surface area contributed by atoms with Crippen molar-refractivity contribution in [3.63, 3.8) is 0 Å². The lowest BCUT2D eigenvalue weighted by Crippen LogP contribution is -2.05. The second-order valence-electron chi connectivity index (χ2n) is 4.28. The molecule has 0 saturated carbocycles. The van der Waals surface area contributed by atoms with Crippen LogP contribution in [0.15, 0.2) is 36.7 Å². The van der Waals surface area contributed by atoms with E-state index < -0.39 is 5.97 Å². The van der Waals surface area contributed by atoms with Gasteiger partial charge in [-0.1, -0.05) is 0 Å². The van der Waals surface area contributed by atoms with Crippen LogP contribution >= 0.6 is 0 Å². The molecular weight excluding hydrogens is 277 g/mol. The molecule has 0 spiro atoms. The van der Waals surface area contributed by atoms with Crippen molar-refractivity contribution < 1.29 is 19.0 Å². The van der Waals surface area contributed by atoms with Gasteiger partial charge in [0.25, 0.3) is 0 Å². The summed E-state index contributed by atoms with van der Waals surface area (Å²) in [5.41, 5.74) is 1.02. The van der Waals surface area contributed by atoms with Gasteiger partial charge in [0.2, 0.25) is 5.88 Å². The third kappa shape index (κ3) is 2.18. The first-order valence-corrected chi connectivity index (χ1v) is 6.01. The Kier molecular flexibility index (Phi) is 3.02. The van der Waals surface area contributed by atoms with E-state index in [4.69, 9.17) is 9.84 Å². The van der Waals surface area contributed by atoms with Crippen molar-refractivity contribution >= 4 is 11.5 Å². The van der Waals surface area contributed by atoms with Crippen LogP contribution in [0.1, 0.15) is 10.5 Å². The molecule has 7 heteroatoms. The van der Waals surface area contributed by atoms with Crippen molar-refractivity contribution in [1.82, 2.24) is 14.4 Å². The number of carbonyl (C=O) groups is 1. The molecule has 3 aromatic rings. The van der Waals surface area contributed by atoms with E-state index in [9.17, 15) is 9.18 Å². The number of aromatic carboxylic acids is 1. The summed E-state index contributed by atoms with van der Waals surface area (Å²) in [7, 11) is 1.40. The fourth-order valence-corrected chi connectivity index (χ4v) is 2.03. The predicted octanol–water partition coefficient (Wildman–Crippen LogP) is 2.24. The molecule has 0 amide bonds. The standard InChI is InChI=1S/C14H10FN3O3/c1-21-13-11-6-16-12(8-2-4-9(15)5-3-8)18(11)7-10(17-13)14(19)20/h2-7H,1H3,(H,19,20). The monoisotopic (exact) mass is 287 g/mol. The fourth-order valence-electron chi connectivity index (χ4n) is 2.03. The zero-order valence-corrected chi connectivity index (χ0v) is 10.9. The zero-order chi connectivity index (χ0) is 15.0. The Bertz CT molecular complexity index is 827. The number of fused-ring (bicyclic) bond motifs is 1. The number of ether oxygens (including phenoxy) is 1. The Morgan fingerprint density at radius 1 is 1.33 bits per heavy atom. The predicted molar refractivity (Wildman–Crippen MR) is 71.9 cm³/mol. The number of carboxylic acids is 1. The minimum atomic E-state index is -1.17.